The molecular formula is C31H35ClN2O2S. The second-order valence-electron chi connectivity index (χ2n) is 9.76. The summed E-state index contributed by atoms with van der Waals surface area (Å²) in [7, 11) is 0. The van der Waals surface area contributed by atoms with Gasteiger partial charge in [0.1, 0.15) is 6.04 Å². The van der Waals surface area contributed by atoms with E-state index in [1.165, 1.54) is 5.56 Å². The first-order chi connectivity index (χ1) is 18.0. The first-order valence-electron chi connectivity index (χ1n) is 13.1. The van der Waals surface area contributed by atoms with Crippen molar-refractivity contribution in [3.63, 3.8) is 0 Å². The number of rotatable bonds is 11. The van der Waals surface area contributed by atoms with Crippen LogP contribution in [0.1, 0.15) is 48.8 Å². The zero-order valence-electron chi connectivity index (χ0n) is 21.4. The Morgan fingerprint density at radius 2 is 1.62 bits per heavy atom. The molecule has 3 aromatic carbocycles. The van der Waals surface area contributed by atoms with E-state index in [-0.39, 0.29) is 17.9 Å². The van der Waals surface area contributed by atoms with Gasteiger partial charge in [-0.2, -0.15) is 0 Å². The van der Waals surface area contributed by atoms with Crippen molar-refractivity contribution in [2.75, 3.05) is 5.75 Å². The molecule has 0 saturated heterocycles. The van der Waals surface area contributed by atoms with Crippen molar-refractivity contribution in [3.8, 4) is 0 Å². The van der Waals surface area contributed by atoms with Crippen LogP contribution in [0.5, 0.6) is 0 Å². The minimum absolute atomic E-state index is 0.0166. The van der Waals surface area contributed by atoms with Crippen LogP contribution in [-0.2, 0) is 22.6 Å². The first-order valence-corrected chi connectivity index (χ1v) is 14.4. The van der Waals surface area contributed by atoms with Crippen molar-refractivity contribution < 1.29 is 9.59 Å². The molecule has 1 saturated carbocycles. The van der Waals surface area contributed by atoms with Crippen LogP contribution in [0.3, 0.4) is 0 Å². The molecule has 2 amide bonds. The first kappa shape index (κ1) is 27.3. The molecule has 0 aliphatic heterocycles. The molecule has 1 aliphatic rings. The van der Waals surface area contributed by atoms with Crippen molar-refractivity contribution in [1.82, 2.24) is 10.2 Å². The molecule has 6 heteroatoms. The van der Waals surface area contributed by atoms with Crippen LogP contribution in [0.4, 0.5) is 0 Å². The Morgan fingerprint density at radius 1 is 0.946 bits per heavy atom. The van der Waals surface area contributed by atoms with Gasteiger partial charge in [-0.1, -0.05) is 84.6 Å². The predicted molar refractivity (Wildman–Crippen MR) is 153 cm³/mol. The Hall–Kier alpha value is -2.76. The van der Waals surface area contributed by atoms with E-state index in [2.05, 4.69) is 36.5 Å². The lowest BCUT2D eigenvalue weighted by atomic mass is 10.0. The molecule has 37 heavy (non-hydrogen) atoms. The summed E-state index contributed by atoms with van der Waals surface area (Å²) < 4.78 is 0. The molecule has 194 valence electrons. The number of carbonyl (C=O) groups excluding carboxylic acids is 2. The van der Waals surface area contributed by atoms with Gasteiger partial charge in [0, 0.05) is 41.1 Å². The van der Waals surface area contributed by atoms with Gasteiger partial charge in [-0.3, -0.25) is 9.59 Å². The molecule has 0 aromatic heterocycles. The topological polar surface area (TPSA) is 49.4 Å². The quantitative estimate of drug-likeness (QED) is 0.274. The summed E-state index contributed by atoms with van der Waals surface area (Å²) in [6.07, 6.45) is 5.11. The Morgan fingerprint density at radius 3 is 2.30 bits per heavy atom. The fourth-order valence-corrected chi connectivity index (χ4v) is 5.71. The number of hydrogen-bond donors (Lipinski definition) is 1. The molecule has 0 bridgehead atoms. The van der Waals surface area contributed by atoms with Crippen LogP contribution < -0.4 is 5.32 Å². The monoisotopic (exact) mass is 534 g/mol. The molecular weight excluding hydrogens is 500 g/mol. The maximum Gasteiger partial charge on any atom is 0.243 e. The second kappa shape index (κ2) is 13.7. The molecule has 4 rings (SSSR count). The zero-order valence-corrected chi connectivity index (χ0v) is 22.9. The lowest BCUT2D eigenvalue weighted by Gasteiger charge is -2.32. The number of nitrogens with zero attached hydrogens (tertiary/aromatic N) is 1. The van der Waals surface area contributed by atoms with Crippen LogP contribution in [0.15, 0.2) is 83.8 Å². The van der Waals surface area contributed by atoms with Crippen molar-refractivity contribution in [2.24, 2.45) is 0 Å². The standard InChI is InChI=1S/C31H35ClN2O2S/c1-23-11-17-28(18-12-23)37-20-19-30(35)34(22-25-13-15-26(32)16-14-25)29(21-24-7-3-2-4-8-24)31(36)33-27-9-5-6-10-27/h2-4,7-8,11-18,27,29H,5-6,9-10,19-22H2,1H3,(H,33,36)/t29-/m1/s1. The maximum atomic E-state index is 13.7. The number of amides is 2. The largest absolute Gasteiger partial charge is 0.352 e. The van der Waals surface area contributed by atoms with Crippen LogP contribution >= 0.6 is 23.4 Å². The van der Waals surface area contributed by atoms with E-state index in [0.717, 1.165) is 41.7 Å². The van der Waals surface area contributed by atoms with Crippen molar-refractivity contribution >= 4 is 35.2 Å². The third-order valence-corrected chi connectivity index (χ3v) is 8.11. The summed E-state index contributed by atoms with van der Waals surface area (Å²) in [5.41, 5.74) is 3.21. The number of thioether (sulfide) groups is 1. The van der Waals surface area contributed by atoms with E-state index in [4.69, 9.17) is 11.6 Å². The highest BCUT2D eigenvalue weighted by Gasteiger charge is 2.32. The van der Waals surface area contributed by atoms with Gasteiger partial charge in [0.2, 0.25) is 11.8 Å². The van der Waals surface area contributed by atoms with E-state index in [9.17, 15) is 9.59 Å². The Labute approximate surface area is 229 Å². The molecule has 0 unspecified atom stereocenters. The highest BCUT2D eigenvalue weighted by Crippen LogP contribution is 2.23. The van der Waals surface area contributed by atoms with E-state index < -0.39 is 6.04 Å². The minimum Gasteiger partial charge on any atom is -0.352 e. The molecule has 0 radical (unpaired) electrons. The molecule has 0 heterocycles. The van der Waals surface area contributed by atoms with Crippen LogP contribution in [-0.4, -0.2) is 34.6 Å². The Balaban J connectivity index is 1.55. The SMILES string of the molecule is Cc1ccc(SCCC(=O)N(Cc2ccc(Cl)cc2)[C@H](Cc2ccccc2)C(=O)NC2CCCC2)cc1. The van der Waals surface area contributed by atoms with Gasteiger partial charge >= 0.3 is 0 Å². The van der Waals surface area contributed by atoms with Crippen molar-refractivity contribution in [2.45, 2.75) is 69.0 Å². The average Bonchev–Trinajstić information content (AvgIpc) is 3.42. The Kier molecular flexibility index (Phi) is 10.1. The second-order valence-corrected chi connectivity index (χ2v) is 11.4. The van der Waals surface area contributed by atoms with Crippen LogP contribution in [0, 0.1) is 6.92 Å². The van der Waals surface area contributed by atoms with Gasteiger partial charge < -0.3 is 10.2 Å². The van der Waals surface area contributed by atoms with E-state index in [1.54, 1.807) is 16.7 Å². The Bertz CT molecular complexity index is 1150. The highest BCUT2D eigenvalue weighted by molar-refractivity contribution is 7.99. The summed E-state index contributed by atoms with van der Waals surface area (Å²) in [5, 5.41) is 3.91. The molecule has 1 atom stereocenters. The normalized spacial score (nSPS) is 14.3. The third-order valence-electron chi connectivity index (χ3n) is 6.84. The number of carbonyl (C=O) groups is 2. The number of halogens is 1. The lowest BCUT2D eigenvalue weighted by Crippen LogP contribution is -2.52. The van der Waals surface area contributed by atoms with Crippen LogP contribution in [0.25, 0.3) is 0 Å². The summed E-state index contributed by atoms with van der Waals surface area (Å²) in [4.78, 5) is 30.3. The van der Waals surface area contributed by atoms with Gasteiger partial charge in [0.25, 0.3) is 0 Å². The fourth-order valence-electron chi connectivity index (χ4n) is 4.74. The zero-order chi connectivity index (χ0) is 26.0. The van der Waals surface area contributed by atoms with E-state index >= 15 is 0 Å². The van der Waals surface area contributed by atoms with Gasteiger partial charge in [-0.05, 0) is 55.2 Å². The number of benzene rings is 3. The predicted octanol–water partition coefficient (Wildman–Crippen LogP) is 6.83. The maximum absolute atomic E-state index is 13.7. The lowest BCUT2D eigenvalue weighted by molar-refractivity contribution is -0.141. The van der Waals surface area contributed by atoms with Crippen molar-refractivity contribution in [3.05, 3.63) is 101 Å². The number of hydrogen-bond acceptors (Lipinski definition) is 3. The van der Waals surface area contributed by atoms with E-state index in [0.29, 0.717) is 30.2 Å². The summed E-state index contributed by atoms with van der Waals surface area (Å²) >= 11 is 7.78. The van der Waals surface area contributed by atoms with Crippen LogP contribution in [0.2, 0.25) is 5.02 Å². The summed E-state index contributed by atoms with van der Waals surface area (Å²) in [6.45, 7) is 2.43. The van der Waals surface area contributed by atoms with E-state index in [1.807, 2.05) is 54.6 Å². The molecule has 4 nitrogen and oxygen atoms in total. The van der Waals surface area contributed by atoms with Gasteiger partial charge in [-0.15, -0.1) is 11.8 Å². The number of nitrogens with one attached hydrogen (secondary N) is 1. The molecule has 0 spiro atoms. The smallest absolute Gasteiger partial charge is 0.243 e. The average molecular weight is 535 g/mol. The third kappa shape index (κ3) is 8.37. The van der Waals surface area contributed by atoms with Gasteiger partial charge in [0.05, 0.1) is 0 Å². The summed E-state index contributed by atoms with van der Waals surface area (Å²) in [5.74, 6) is 0.572. The molecule has 1 fully saturated rings. The fraction of sp³-hybridized carbons (Fsp3) is 0.355. The van der Waals surface area contributed by atoms with Crippen molar-refractivity contribution in [1.29, 1.82) is 0 Å². The molecule has 1 N–H and O–H groups in total. The van der Waals surface area contributed by atoms with Gasteiger partial charge in [0.15, 0.2) is 0 Å². The minimum atomic E-state index is -0.587. The molecule has 1 aliphatic carbocycles. The highest BCUT2D eigenvalue weighted by atomic mass is 35.5. The van der Waals surface area contributed by atoms with Gasteiger partial charge in [-0.25, -0.2) is 0 Å². The summed E-state index contributed by atoms with van der Waals surface area (Å²) in [6, 6.07) is 25.4. The number of aryl methyl sites for hydroxylation is 1. The molecule has 3 aromatic rings.